The molecule has 5 aromatic carbocycles. The van der Waals surface area contributed by atoms with Crippen LogP contribution in [0.2, 0.25) is 0 Å². The number of hydrogen-bond donors (Lipinski definition) is 0. The molecule has 4 atom stereocenters. The Labute approximate surface area is 290 Å². The highest BCUT2D eigenvalue weighted by Gasteiger charge is 2.42. The Kier molecular flexibility index (Phi) is 11.1. The molecule has 0 bridgehead atoms. The van der Waals surface area contributed by atoms with Crippen LogP contribution in [0.3, 0.4) is 0 Å². The first-order chi connectivity index (χ1) is 24.2. The van der Waals surface area contributed by atoms with Gasteiger partial charge in [0.25, 0.3) is 0 Å². The quantitative estimate of drug-likeness (QED) is 0.127. The highest BCUT2D eigenvalue weighted by atomic mass is 16.6. The first-order valence-electron chi connectivity index (χ1n) is 17.6. The summed E-state index contributed by atoms with van der Waals surface area (Å²) < 4.78 is 33.5. The van der Waals surface area contributed by atoms with Crippen molar-refractivity contribution in [2.24, 2.45) is 0 Å². The lowest BCUT2D eigenvalue weighted by molar-refractivity contribution is -0.222. The van der Waals surface area contributed by atoms with Crippen molar-refractivity contribution in [2.45, 2.75) is 76.8 Å². The van der Waals surface area contributed by atoms with Gasteiger partial charge in [-0.1, -0.05) is 127 Å². The molecule has 5 heteroatoms. The number of fused-ring (bicyclic) bond motifs is 1. The maximum absolute atomic E-state index is 7.12. The minimum Gasteiger partial charge on any atom is -0.493 e. The predicted octanol–water partition coefficient (Wildman–Crippen LogP) is 9.13. The first kappa shape index (κ1) is 33.2. The van der Waals surface area contributed by atoms with Crippen LogP contribution in [-0.4, -0.2) is 31.5 Å². The van der Waals surface area contributed by atoms with Gasteiger partial charge in [0.15, 0.2) is 0 Å². The van der Waals surface area contributed by atoms with Crippen LogP contribution in [0.4, 0.5) is 0 Å². The molecule has 5 aromatic rings. The van der Waals surface area contributed by atoms with Gasteiger partial charge in [0, 0.05) is 12.0 Å². The first-order valence-corrected chi connectivity index (χ1v) is 17.6. The van der Waals surface area contributed by atoms with E-state index in [4.69, 9.17) is 23.7 Å². The molecule has 0 amide bonds. The molecule has 1 fully saturated rings. The molecule has 2 aliphatic rings. The maximum atomic E-state index is 7.12. The van der Waals surface area contributed by atoms with Crippen LogP contribution in [0.15, 0.2) is 127 Å². The highest BCUT2D eigenvalue weighted by Crippen LogP contribution is 2.43. The van der Waals surface area contributed by atoms with E-state index < -0.39 is 0 Å². The van der Waals surface area contributed by atoms with Crippen LogP contribution in [0, 0.1) is 6.92 Å². The van der Waals surface area contributed by atoms with Gasteiger partial charge in [0.2, 0.25) is 0 Å². The normalized spacial score (nSPS) is 20.3. The van der Waals surface area contributed by atoms with E-state index in [1.54, 1.807) is 0 Å². The summed E-state index contributed by atoms with van der Waals surface area (Å²) >= 11 is 0. The summed E-state index contributed by atoms with van der Waals surface area (Å²) in [6.45, 7) is 4.79. The number of ether oxygens (including phenoxy) is 5. The molecule has 252 valence electrons. The van der Waals surface area contributed by atoms with Gasteiger partial charge < -0.3 is 23.7 Å². The van der Waals surface area contributed by atoms with Crippen molar-refractivity contribution in [1.82, 2.24) is 0 Å². The number of benzene rings is 5. The lowest BCUT2D eigenvalue weighted by Gasteiger charge is -2.42. The molecule has 2 heterocycles. The Bertz CT molecular complexity index is 1740. The van der Waals surface area contributed by atoms with E-state index in [2.05, 4.69) is 91.9 Å². The summed E-state index contributed by atoms with van der Waals surface area (Å²) in [4.78, 5) is 0. The molecule has 7 rings (SSSR count). The second-order valence-electron chi connectivity index (χ2n) is 13.2. The van der Waals surface area contributed by atoms with Crippen LogP contribution in [-0.2, 0) is 51.6 Å². The Morgan fingerprint density at radius 3 is 1.88 bits per heavy atom. The van der Waals surface area contributed by atoms with Crippen LogP contribution in [0.1, 0.15) is 63.5 Å². The van der Waals surface area contributed by atoms with Gasteiger partial charge in [-0.15, -0.1) is 0 Å². The molecule has 2 aliphatic heterocycles. The van der Waals surface area contributed by atoms with Gasteiger partial charge in [0.1, 0.15) is 18.0 Å². The highest BCUT2D eigenvalue weighted by molar-refractivity contribution is 5.53. The molecular formula is C44H46O5. The van der Waals surface area contributed by atoms with Crippen LogP contribution < -0.4 is 4.74 Å². The van der Waals surface area contributed by atoms with Crippen molar-refractivity contribution in [3.8, 4) is 5.75 Å². The topological polar surface area (TPSA) is 46.2 Å². The number of rotatable bonds is 13. The summed E-state index contributed by atoms with van der Waals surface area (Å²) in [5.41, 5.74) is 9.62. The zero-order valence-electron chi connectivity index (χ0n) is 28.3. The summed E-state index contributed by atoms with van der Waals surface area (Å²) in [6.07, 6.45) is 2.38. The van der Waals surface area contributed by atoms with Gasteiger partial charge >= 0.3 is 0 Å². The summed E-state index contributed by atoms with van der Waals surface area (Å²) in [7, 11) is 0. The van der Waals surface area contributed by atoms with Crippen LogP contribution >= 0.6 is 0 Å². The minimum absolute atomic E-state index is 0.201. The van der Waals surface area contributed by atoms with E-state index in [0.717, 1.165) is 48.3 Å². The number of hydrogen-bond acceptors (Lipinski definition) is 5. The molecule has 0 radical (unpaired) electrons. The Hall–Kier alpha value is -4.26. The van der Waals surface area contributed by atoms with Gasteiger partial charge in [-0.2, -0.15) is 0 Å². The van der Waals surface area contributed by atoms with Crippen molar-refractivity contribution in [2.75, 3.05) is 13.2 Å². The monoisotopic (exact) mass is 654 g/mol. The Morgan fingerprint density at radius 2 is 1.24 bits per heavy atom. The summed E-state index contributed by atoms with van der Waals surface area (Å²) in [5.74, 6) is 1.03. The molecule has 5 nitrogen and oxygen atoms in total. The fourth-order valence-corrected chi connectivity index (χ4v) is 7.10. The van der Waals surface area contributed by atoms with Crippen molar-refractivity contribution in [1.29, 1.82) is 0 Å². The third-order valence-electron chi connectivity index (χ3n) is 9.68. The average Bonchev–Trinajstić information content (AvgIpc) is 3.16. The predicted molar refractivity (Wildman–Crippen MR) is 193 cm³/mol. The lowest BCUT2D eigenvalue weighted by atomic mass is 9.85. The van der Waals surface area contributed by atoms with Gasteiger partial charge in [-0.05, 0) is 65.1 Å². The SMILES string of the molecule is Cc1c(Cc2ccccc2)cc(C2CC(OCc3ccccc3)[C@H](OCc3ccccc3)C(COCc3ccccc3)O2)c2c1OCCC2. The zero-order valence-corrected chi connectivity index (χ0v) is 28.3. The lowest BCUT2D eigenvalue weighted by Crippen LogP contribution is -2.50. The van der Waals surface area contributed by atoms with Crippen LogP contribution in [0.25, 0.3) is 0 Å². The summed E-state index contributed by atoms with van der Waals surface area (Å²) in [5, 5.41) is 0. The molecule has 1 saturated heterocycles. The van der Waals surface area contributed by atoms with E-state index in [9.17, 15) is 0 Å². The van der Waals surface area contributed by atoms with Crippen molar-refractivity contribution >= 4 is 0 Å². The van der Waals surface area contributed by atoms with Gasteiger partial charge in [0.05, 0.1) is 45.2 Å². The van der Waals surface area contributed by atoms with Gasteiger partial charge in [-0.3, -0.25) is 0 Å². The zero-order chi connectivity index (χ0) is 33.3. The van der Waals surface area contributed by atoms with Crippen LogP contribution in [0.5, 0.6) is 5.75 Å². The fraction of sp³-hybridized carbons (Fsp3) is 0.318. The van der Waals surface area contributed by atoms with Gasteiger partial charge in [-0.25, -0.2) is 0 Å². The molecule has 0 spiro atoms. The van der Waals surface area contributed by atoms with E-state index in [-0.39, 0.29) is 24.4 Å². The van der Waals surface area contributed by atoms with E-state index >= 15 is 0 Å². The molecule has 0 aliphatic carbocycles. The molecule has 49 heavy (non-hydrogen) atoms. The van der Waals surface area contributed by atoms with Crippen molar-refractivity contribution < 1.29 is 23.7 Å². The Balaban J connectivity index is 1.22. The van der Waals surface area contributed by atoms with E-state index in [1.807, 2.05) is 42.5 Å². The van der Waals surface area contributed by atoms with Crippen molar-refractivity contribution in [3.05, 3.63) is 172 Å². The third-order valence-corrected chi connectivity index (χ3v) is 9.68. The second-order valence-corrected chi connectivity index (χ2v) is 13.2. The van der Waals surface area contributed by atoms with E-state index in [0.29, 0.717) is 32.8 Å². The summed E-state index contributed by atoms with van der Waals surface area (Å²) in [6, 6.07) is 44.0. The molecule has 0 aromatic heterocycles. The molecule has 3 unspecified atom stereocenters. The Morgan fingerprint density at radius 1 is 0.673 bits per heavy atom. The third kappa shape index (κ3) is 8.49. The van der Waals surface area contributed by atoms with Crippen molar-refractivity contribution in [3.63, 3.8) is 0 Å². The molecular weight excluding hydrogens is 608 g/mol. The minimum atomic E-state index is -0.342. The molecule has 0 saturated carbocycles. The largest absolute Gasteiger partial charge is 0.493 e. The second kappa shape index (κ2) is 16.4. The molecule has 0 N–H and O–H groups in total. The van der Waals surface area contributed by atoms with E-state index in [1.165, 1.54) is 27.8 Å². The smallest absolute Gasteiger partial charge is 0.126 e. The maximum Gasteiger partial charge on any atom is 0.126 e. The fourth-order valence-electron chi connectivity index (χ4n) is 7.10. The average molecular weight is 655 g/mol. The standard InChI is InChI=1S/C44H46O5/c1-32-37(25-33-15-6-2-7-16-33)26-39(38-23-14-24-46-43(32)38)40-27-41(47-29-35-19-10-4-11-20-35)44(48-30-36-21-12-5-13-22-36)42(49-40)31-45-28-34-17-8-3-9-18-34/h2-13,15-22,26,40-42,44H,14,23-25,27-31H2,1H3/t40?,41?,42?,44-/m0/s1.